The van der Waals surface area contributed by atoms with E-state index >= 15 is 0 Å². The number of hydrogen-bond acceptors (Lipinski definition) is 3. The van der Waals surface area contributed by atoms with Crippen molar-refractivity contribution in [2.45, 2.75) is 32.4 Å². The summed E-state index contributed by atoms with van der Waals surface area (Å²) in [7, 11) is 0. The Labute approximate surface area is 106 Å². The molecule has 0 saturated carbocycles. The van der Waals surface area contributed by atoms with E-state index in [1.165, 1.54) is 0 Å². The zero-order chi connectivity index (χ0) is 13.0. The number of aryl methyl sites for hydroxylation is 1. The van der Waals surface area contributed by atoms with E-state index in [1.54, 1.807) is 15.8 Å². The molecule has 1 aliphatic rings. The van der Waals surface area contributed by atoms with E-state index in [0.29, 0.717) is 32.5 Å². The third-order valence-electron chi connectivity index (χ3n) is 3.15. The highest BCUT2D eigenvalue weighted by molar-refractivity contribution is 5.88. The number of piperazine rings is 1. The fourth-order valence-electron chi connectivity index (χ4n) is 2.21. The van der Waals surface area contributed by atoms with Gasteiger partial charge in [0.2, 0.25) is 11.8 Å². The highest BCUT2D eigenvalue weighted by Gasteiger charge is 2.30. The summed E-state index contributed by atoms with van der Waals surface area (Å²) in [6, 6.07) is 1.51. The van der Waals surface area contributed by atoms with Gasteiger partial charge in [0.1, 0.15) is 6.04 Å². The lowest BCUT2D eigenvalue weighted by Crippen LogP contribution is -2.57. The molecule has 2 heterocycles. The lowest BCUT2D eigenvalue weighted by atomic mass is 10.1. The topological polar surface area (TPSA) is 67.2 Å². The summed E-state index contributed by atoms with van der Waals surface area (Å²) >= 11 is 0. The number of carbonyl (C=O) groups excluding carboxylic acids is 2. The minimum atomic E-state index is -0.316. The molecule has 18 heavy (non-hydrogen) atoms. The van der Waals surface area contributed by atoms with Crippen LogP contribution in [0.1, 0.15) is 19.8 Å². The van der Waals surface area contributed by atoms with E-state index in [9.17, 15) is 9.59 Å². The molecular formula is C12H18N4O2. The maximum absolute atomic E-state index is 12.1. The van der Waals surface area contributed by atoms with E-state index in [1.807, 2.05) is 19.2 Å². The number of carbonyl (C=O) groups is 2. The Hall–Kier alpha value is -1.85. The molecule has 1 atom stereocenters. The molecule has 0 aromatic carbocycles. The Morgan fingerprint density at radius 1 is 1.61 bits per heavy atom. The van der Waals surface area contributed by atoms with Crippen LogP contribution in [0.2, 0.25) is 0 Å². The van der Waals surface area contributed by atoms with Crippen molar-refractivity contribution in [3.63, 3.8) is 0 Å². The first kappa shape index (κ1) is 12.6. The average Bonchev–Trinajstić information content (AvgIpc) is 2.88. The van der Waals surface area contributed by atoms with Gasteiger partial charge in [-0.1, -0.05) is 6.92 Å². The molecule has 1 aromatic heterocycles. The summed E-state index contributed by atoms with van der Waals surface area (Å²) in [6.07, 6.45) is 4.55. The molecule has 1 saturated heterocycles. The molecular weight excluding hydrogens is 232 g/mol. The monoisotopic (exact) mass is 250 g/mol. The molecule has 2 amide bonds. The van der Waals surface area contributed by atoms with E-state index in [0.717, 1.165) is 0 Å². The van der Waals surface area contributed by atoms with Crippen molar-refractivity contribution < 1.29 is 9.59 Å². The quantitative estimate of drug-likeness (QED) is 0.818. The van der Waals surface area contributed by atoms with Gasteiger partial charge in [-0.25, -0.2) is 0 Å². The normalized spacial score (nSPS) is 19.7. The number of hydrogen-bond donors (Lipinski definition) is 1. The van der Waals surface area contributed by atoms with Gasteiger partial charge in [0, 0.05) is 38.4 Å². The number of rotatable bonds is 4. The van der Waals surface area contributed by atoms with Crippen LogP contribution in [0.5, 0.6) is 0 Å². The number of aromatic nitrogens is 2. The predicted octanol–water partition coefficient (Wildman–Crippen LogP) is 0.0102. The maximum atomic E-state index is 12.1. The van der Waals surface area contributed by atoms with Crippen LogP contribution in [-0.4, -0.2) is 45.6 Å². The van der Waals surface area contributed by atoms with Crippen molar-refractivity contribution in [3.05, 3.63) is 18.5 Å². The fourth-order valence-corrected chi connectivity index (χ4v) is 2.21. The average molecular weight is 250 g/mol. The molecule has 1 aromatic rings. The van der Waals surface area contributed by atoms with Gasteiger partial charge < -0.3 is 10.2 Å². The molecule has 1 aliphatic heterocycles. The Morgan fingerprint density at radius 2 is 2.44 bits per heavy atom. The second kappa shape index (κ2) is 5.66. The van der Waals surface area contributed by atoms with Gasteiger partial charge in [-0.2, -0.15) is 5.10 Å². The molecule has 0 radical (unpaired) electrons. The summed E-state index contributed by atoms with van der Waals surface area (Å²) in [5.74, 6) is -0.0246. The minimum absolute atomic E-state index is 0.0206. The van der Waals surface area contributed by atoms with Gasteiger partial charge in [-0.15, -0.1) is 0 Å². The lowest BCUT2D eigenvalue weighted by Gasteiger charge is -2.34. The number of nitrogens with zero attached hydrogens (tertiary/aromatic N) is 3. The molecule has 1 unspecified atom stereocenters. The Kier molecular flexibility index (Phi) is 3.96. The van der Waals surface area contributed by atoms with Crippen molar-refractivity contribution in [2.75, 3.05) is 13.1 Å². The fraction of sp³-hybridized carbons (Fsp3) is 0.583. The van der Waals surface area contributed by atoms with E-state index in [-0.39, 0.29) is 17.9 Å². The van der Waals surface area contributed by atoms with Crippen LogP contribution < -0.4 is 5.32 Å². The Morgan fingerprint density at radius 3 is 3.11 bits per heavy atom. The van der Waals surface area contributed by atoms with Gasteiger partial charge in [0.25, 0.3) is 0 Å². The molecule has 0 spiro atoms. The summed E-state index contributed by atoms with van der Waals surface area (Å²) < 4.78 is 1.73. The van der Waals surface area contributed by atoms with Crippen LogP contribution in [0.3, 0.4) is 0 Å². The standard InChI is InChI=1S/C12H18N4O2/c1-2-10-12(18)13-6-9-16(10)11(17)4-8-15-7-3-5-14-15/h3,5,7,10H,2,4,6,8-9H2,1H3,(H,13,18). The highest BCUT2D eigenvalue weighted by Crippen LogP contribution is 2.10. The zero-order valence-electron chi connectivity index (χ0n) is 10.5. The van der Waals surface area contributed by atoms with Crippen molar-refractivity contribution >= 4 is 11.8 Å². The largest absolute Gasteiger partial charge is 0.353 e. The van der Waals surface area contributed by atoms with Crippen LogP contribution in [-0.2, 0) is 16.1 Å². The predicted molar refractivity (Wildman–Crippen MR) is 65.6 cm³/mol. The van der Waals surface area contributed by atoms with Gasteiger partial charge >= 0.3 is 0 Å². The minimum Gasteiger partial charge on any atom is -0.353 e. The molecule has 0 aliphatic carbocycles. The molecule has 2 rings (SSSR count). The Balaban J connectivity index is 1.92. The van der Waals surface area contributed by atoms with Gasteiger partial charge in [-0.05, 0) is 12.5 Å². The van der Waals surface area contributed by atoms with Crippen LogP contribution in [0.15, 0.2) is 18.5 Å². The van der Waals surface area contributed by atoms with Gasteiger partial charge in [-0.3, -0.25) is 14.3 Å². The molecule has 0 bridgehead atoms. The Bertz CT molecular complexity index is 416. The smallest absolute Gasteiger partial charge is 0.242 e. The van der Waals surface area contributed by atoms with Crippen molar-refractivity contribution in [2.24, 2.45) is 0 Å². The van der Waals surface area contributed by atoms with Crippen LogP contribution in [0, 0.1) is 0 Å². The molecule has 6 nitrogen and oxygen atoms in total. The second-order valence-electron chi connectivity index (χ2n) is 4.32. The molecule has 6 heteroatoms. The third-order valence-corrected chi connectivity index (χ3v) is 3.15. The maximum Gasteiger partial charge on any atom is 0.242 e. The number of amides is 2. The van der Waals surface area contributed by atoms with E-state index < -0.39 is 0 Å². The lowest BCUT2D eigenvalue weighted by molar-refractivity contribution is -0.143. The molecule has 1 fully saturated rings. The first-order valence-corrected chi connectivity index (χ1v) is 6.27. The van der Waals surface area contributed by atoms with Crippen LogP contribution in [0.4, 0.5) is 0 Å². The summed E-state index contributed by atoms with van der Waals surface area (Å²) in [5.41, 5.74) is 0. The van der Waals surface area contributed by atoms with E-state index in [2.05, 4.69) is 10.4 Å². The first-order chi connectivity index (χ1) is 8.72. The summed E-state index contributed by atoms with van der Waals surface area (Å²) in [6.45, 7) is 3.62. The first-order valence-electron chi connectivity index (χ1n) is 6.27. The highest BCUT2D eigenvalue weighted by atomic mass is 16.2. The molecule has 98 valence electrons. The zero-order valence-corrected chi connectivity index (χ0v) is 10.5. The molecule has 1 N–H and O–H groups in total. The third kappa shape index (κ3) is 2.69. The SMILES string of the molecule is CCC1C(=O)NCCN1C(=O)CCn1cccn1. The van der Waals surface area contributed by atoms with Crippen LogP contribution in [0.25, 0.3) is 0 Å². The van der Waals surface area contributed by atoms with Crippen LogP contribution >= 0.6 is 0 Å². The number of nitrogens with one attached hydrogen (secondary N) is 1. The van der Waals surface area contributed by atoms with Gasteiger partial charge in [0.05, 0.1) is 0 Å². The van der Waals surface area contributed by atoms with Crippen molar-refractivity contribution in [1.82, 2.24) is 20.0 Å². The van der Waals surface area contributed by atoms with Crippen molar-refractivity contribution in [1.29, 1.82) is 0 Å². The summed E-state index contributed by atoms with van der Waals surface area (Å²) in [4.78, 5) is 25.4. The van der Waals surface area contributed by atoms with Gasteiger partial charge in [0.15, 0.2) is 0 Å². The van der Waals surface area contributed by atoms with E-state index in [4.69, 9.17) is 0 Å². The van der Waals surface area contributed by atoms with Crippen molar-refractivity contribution in [3.8, 4) is 0 Å². The second-order valence-corrected chi connectivity index (χ2v) is 4.32. The summed E-state index contributed by atoms with van der Waals surface area (Å²) in [5, 5.41) is 6.84.